The van der Waals surface area contributed by atoms with Crippen LogP contribution in [0, 0.1) is 0 Å². The summed E-state index contributed by atoms with van der Waals surface area (Å²) in [4.78, 5) is 0. The molecule has 0 N–H and O–H groups in total. The molecule has 1 aliphatic rings. The average Bonchev–Trinajstić information content (AvgIpc) is 2.74. The zero-order valence-corrected chi connectivity index (χ0v) is 11.9. The maximum Gasteiger partial charge on any atom is 0.416 e. The summed E-state index contributed by atoms with van der Waals surface area (Å²) >= 11 is 0. The fourth-order valence-electron chi connectivity index (χ4n) is 3.04. The Kier molecular flexibility index (Phi) is 3.16. The Morgan fingerprint density at radius 3 is 2.24 bits per heavy atom. The minimum absolute atomic E-state index is 0.258. The molecule has 2 aromatic rings. The maximum absolute atomic E-state index is 13.2. The van der Waals surface area contributed by atoms with Crippen molar-refractivity contribution < 1.29 is 13.2 Å². The van der Waals surface area contributed by atoms with Crippen molar-refractivity contribution in [3.8, 4) is 11.1 Å². The summed E-state index contributed by atoms with van der Waals surface area (Å²) < 4.78 is 39.6. The van der Waals surface area contributed by atoms with E-state index < -0.39 is 11.7 Å². The predicted molar refractivity (Wildman–Crippen MR) is 79.0 cm³/mol. The van der Waals surface area contributed by atoms with E-state index in [-0.39, 0.29) is 11.1 Å². The van der Waals surface area contributed by atoms with Gasteiger partial charge in [0.05, 0.1) is 5.57 Å². The van der Waals surface area contributed by atoms with Crippen molar-refractivity contribution >= 4 is 5.57 Å². The Labute approximate surface area is 121 Å². The van der Waals surface area contributed by atoms with Crippen LogP contribution in [-0.4, -0.2) is 6.18 Å². The van der Waals surface area contributed by atoms with Crippen molar-refractivity contribution in [2.45, 2.75) is 26.4 Å². The van der Waals surface area contributed by atoms with Crippen LogP contribution in [-0.2, 0) is 6.42 Å². The Morgan fingerprint density at radius 1 is 0.905 bits per heavy atom. The van der Waals surface area contributed by atoms with Gasteiger partial charge >= 0.3 is 6.18 Å². The molecular weight excluding hydrogens is 273 g/mol. The summed E-state index contributed by atoms with van der Waals surface area (Å²) in [6, 6.07) is 13.0. The molecule has 0 radical (unpaired) electrons. The molecule has 0 aliphatic heterocycles. The molecule has 1 aliphatic carbocycles. The van der Waals surface area contributed by atoms with Crippen LogP contribution in [0.25, 0.3) is 16.7 Å². The van der Waals surface area contributed by atoms with Crippen molar-refractivity contribution in [3.05, 3.63) is 64.7 Å². The second-order valence-electron chi connectivity index (χ2n) is 5.58. The summed E-state index contributed by atoms with van der Waals surface area (Å²) in [6.07, 6.45) is -3.62. The van der Waals surface area contributed by atoms with Gasteiger partial charge in [0, 0.05) is 0 Å². The summed E-state index contributed by atoms with van der Waals surface area (Å²) in [6.45, 7) is 3.01. The molecule has 0 nitrogen and oxygen atoms in total. The van der Waals surface area contributed by atoms with Gasteiger partial charge in [-0.15, -0.1) is 0 Å². The standard InChI is InChI=1S/C18H15F3/c1-11(2)17(18(19,20)21)13-7-8-16-14(10-13)9-12-5-3-4-6-15(12)16/h3-8,10H,9H2,1-2H3. The Bertz CT molecular complexity index is 732. The van der Waals surface area contributed by atoms with Crippen molar-refractivity contribution in [1.82, 2.24) is 0 Å². The smallest absolute Gasteiger partial charge is 0.166 e. The van der Waals surface area contributed by atoms with Crippen LogP contribution in [0.5, 0.6) is 0 Å². The number of rotatable bonds is 1. The molecule has 2 aromatic carbocycles. The number of allylic oxidation sites excluding steroid dienone is 2. The quantitative estimate of drug-likeness (QED) is 0.545. The highest BCUT2D eigenvalue weighted by Gasteiger charge is 2.36. The van der Waals surface area contributed by atoms with Crippen molar-refractivity contribution in [1.29, 1.82) is 0 Å². The predicted octanol–water partition coefficient (Wildman–Crippen LogP) is 5.61. The van der Waals surface area contributed by atoms with Gasteiger partial charge in [-0.05, 0) is 48.1 Å². The third kappa shape index (κ3) is 2.37. The normalized spacial score (nSPS) is 12.8. The first-order chi connectivity index (χ1) is 9.88. The minimum Gasteiger partial charge on any atom is -0.166 e. The molecule has 3 heteroatoms. The Balaban J connectivity index is 2.11. The molecular formula is C18H15F3. The van der Waals surface area contributed by atoms with Gasteiger partial charge in [-0.1, -0.05) is 48.0 Å². The molecule has 0 amide bonds. The first kappa shape index (κ1) is 13.9. The first-order valence-electron chi connectivity index (χ1n) is 6.84. The first-order valence-corrected chi connectivity index (χ1v) is 6.84. The summed E-state index contributed by atoms with van der Waals surface area (Å²) in [5.74, 6) is 0. The van der Waals surface area contributed by atoms with Gasteiger partial charge in [0.2, 0.25) is 0 Å². The van der Waals surface area contributed by atoms with Crippen molar-refractivity contribution in [3.63, 3.8) is 0 Å². The molecule has 0 saturated carbocycles. The van der Waals surface area contributed by atoms with Crippen molar-refractivity contribution in [2.75, 3.05) is 0 Å². The summed E-state index contributed by atoms with van der Waals surface area (Å²) in [5, 5.41) is 0. The second-order valence-corrected chi connectivity index (χ2v) is 5.58. The number of fused-ring (bicyclic) bond motifs is 3. The van der Waals surface area contributed by atoms with Gasteiger partial charge in [0.15, 0.2) is 0 Å². The number of hydrogen-bond donors (Lipinski definition) is 0. The SMILES string of the molecule is CC(C)=C(c1ccc2c(c1)Cc1ccccc1-2)C(F)(F)F. The zero-order valence-electron chi connectivity index (χ0n) is 11.9. The van der Waals surface area contributed by atoms with Gasteiger partial charge in [0.25, 0.3) is 0 Å². The Morgan fingerprint density at radius 2 is 1.57 bits per heavy atom. The zero-order chi connectivity index (χ0) is 15.2. The van der Waals surface area contributed by atoms with Gasteiger partial charge in [-0.3, -0.25) is 0 Å². The fourth-order valence-corrected chi connectivity index (χ4v) is 3.04. The molecule has 0 saturated heterocycles. The summed E-state index contributed by atoms with van der Waals surface area (Å²) in [7, 11) is 0. The topological polar surface area (TPSA) is 0 Å². The highest BCUT2D eigenvalue weighted by atomic mass is 19.4. The molecule has 0 atom stereocenters. The van der Waals surface area contributed by atoms with Crippen LogP contribution in [0.15, 0.2) is 48.0 Å². The van der Waals surface area contributed by atoms with E-state index in [4.69, 9.17) is 0 Å². The lowest BCUT2D eigenvalue weighted by atomic mass is 9.96. The number of alkyl halides is 3. The van der Waals surface area contributed by atoms with E-state index in [1.807, 2.05) is 30.3 Å². The fraction of sp³-hybridized carbons (Fsp3) is 0.222. The molecule has 0 aromatic heterocycles. The van der Waals surface area contributed by atoms with E-state index >= 15 is 0 Å². The highest BCUT2D eigenvalue weighted by Crippen LogP contribution is 2.41. The minimum atomic E-state index is -4.32. The molecule has 0 fully saturated rings. The monoisotopic (exact) mass is 288 g/mol. The van der Waals surface area contributed by atoms with Gasteiger partial charge < -0.3 is 0 Å². The van der Waals surface area contributed by atoms with Crippen LogP contribution >= 0.6 is 0 Å². The maximum atomic E-state index is 13.2. The van der Waals surface area contributed by atoms with E-state index in [1.165, 1.54) is 19.4 Å². The number of halogens is 3. The average molecular weight is 288 g/mol. The van der Waals surface area contributed by atoms with Crippen LogP contribution in [0.4, 0.5) is 13.2 Å². The Hall–Kier alpha value is -2.03. The molecule has 108 valence electrons. The molecule has 0 spiro atoms. The molecule has 0 unspecified atom stereocenters. The van der Waals surface area contributed by atoms with Gasteiger partial charge in [-0.25, -0.2) is 0 Å². The largest absolute Gasteiger partial charge is 0.416 e. The molecule has 0 heterocycles. The van der Waals surface area contributed by atoms with E-state index in [1.54, 1.807) is 12.1 Å². The van der Waals surface area contributed by atoms with Crippen LogP contribution in [0.1, 0.15) is 30.5 Å². The molecule has 21 heavy (non-hydrogen) atoms. The lowest BCUT2D eigenvalue weighted by molar-refractivity contribution is -0.0694. The van der Waals surface area contributed by atoms with Crippen molar-refractivity contribution in [2.24, 2.45) is 0 Å². The van der Waals surface area contributed by atoms with Crippen LogP contribution in [0.2, 0.25) is 0 Å². The third-order valence-electron chi connectivity index (χ3n) is 3.87. The highest BCUT2D eigenvalue weighted by molar-refractivity contribution is 5.81. The molecule has 3 rings (SSSR count). The van der Waals surface area contributed by atoms with Crippen LogP contribution in [0.3, 0.4) is 0 Å². The van der Waals surface area contributed by atoms with Gasteiger partial charge in [-0.2, -0.15) is 13.2 Å². The molecule has 0 bridgehead atoms. The number of hydrogen-bond acceptors (Lipinski definition) is 0. The lowest BCUT2D eigenvalue weighted by Gasteiger charge is -2.15. The van der Waals surface area contributed by atoms with E-state index in [2.05, 4.69) is 0 Å². The van der Waals surface area contributed by atoms with Crippen LogP contribution < -0.4 is 0 Å². The van der Waals surface area contributed by atoms with E-state index in [9.17, 15) is 13.2 Å². The van der Waals surface area contributed by atoms with E-state index in [0.29, 0.717) is 6.42 Å². The lowest BCUT2D eigenvalue weighted by Crippen LogP contribution is -2.12. The van der Waals surface area contributed by atoms with E-state index in [0.717, 1.165) is 16.7 Å². The van der Waals surface area contributed by atoms with Gasteiger partial charge in [0.1, 0.15) is 0 Å². The number of benzene rings is 2. The second kappa shape index (κ2) is 4.76. The third-order valence-corrected chi connectivity index (χ3v) is 3.87. The summed E-state index contributed by atoms with van der Waals surface area (Å²) in [5.41, 5.74) is 4.34.